The van der Waals surface area contributed by atoms with Crippen molar-refractivity contribution in [2.24, 2.45) is 0 Å². The molecule has 0 saturated carbocycles. The molecule has 0 radical (unpaired) electrons. The van der Waals surface area contributed by atoms with Crippen molar-refractivity contribution < 1.29 is 18.3 Å². The summed E-state index contributed by atoms with van der Waals surface area (Å²) >= 11 is 1.50. The van der Waals surface area contributed by atoms with Gasteiger partial charge in [0.15, 0.2) is 0 Å². The van der Waals surface area contributed by atoms with Crippen LogP contribution in [0.25, 0.3) is 0 Å². The molecule has 8 heteroatoms. The van der Waals surface area contributed by atoms with Gasteiger partial charge in [-0.25, -0.2) is 0 Å². The molecular weight excluding hydrogens is 288 g/mol. The van der Waals surface area contributed by atoms with Crippen LogP contribution in [-0.2, 0) is 15.0 Å². The van der Waals surface area contributed by atoms with Crippen molar-refractivity contribution in [3.63, 3.8) is 0 Å². The second-order valence-electron chi connectivity index (χ2n) is 4.75. The van der Waals surface area contributed by atoms with Crippen molar-refractivity contribution >= 4 is 27.9 Å². The molecular formula is C11H22N2O4S2. The number of carboxylic acid groups (broad SMARTS) is 1. The molecule has 0 aliphatic carbocycles. The van der Waals surface area contributed by atoms with Crippen molar-refractivity contribution in [2.45, 2.75) is 44.7 Å². The predicted octanol–water partition coefficient (Wildman–Crippen LogP) is 0.901. The summed E-state index contributed by atoms with van der Waals surface area (Å²) in [6.45, 7) is 2.32. The Balaban J connectivity index is 2.72. The Labute approximate surface area is 119 Å². The molecule has 0 spiro atoms. The van der Waals surface area contributed by atoms with Gasteiger partial charge in [0.25, 0.3) is 10.2 Å². The molecule has 2 atom stereocenters. The molecule has 1 aliphatic heterocycles. The second kappa shape index (κ2) is 7.47. The van der Waals surface area contributed by atoms with Crippen molar-refractivity contribution in [3.05, 3.63) is 0 Å². The largest absolute Gasteiger partial charge is 0.480 e. The Morgan fingerprint density at radius 2 is 2.21 bits per heavy atom. The molecule has 2 unspecified atom stereocenters. The maximum atomic E-state index is 12.2. The first-order valence-corrected chi connectivity index (χ1v) is 9.22. The molecule has 2 N–H and O–H groups in total. The molecule has 0 aromatic heterocycles. The number of nitrogens with zero attached hydrogens (tertiary/aromatic N) is 1. The SMILES string of the molecule is CSCCC(NS(=O)(=O)N1CCCCC1C)C(=O)O. The smallest absolute Gasteiger partial charge is 0.321 e. The molecule has 0 aromatic rings. The minimum absolute atomic E-state index is 0.0683. The van der Waals surface area contributed by atoms with E-state index in [2.05, 4.69) is 4.72 Å². The molecule has 1 rings (SSSR count). The third-order valence-corrected chi connectivity index (χ3v) is 5.64. The van der Waals surface area contributed by atoms with Gasteiger partial charge in [-0.15, -0.1) is 0 Å². The van der Waals surface area contributed by atoms with Crippen LogP contribution in [0.1, 0.15) is 32.6 Å². The van der Waals surface area contributed by atoms with Crippen LogP contribution in [0.5, 0.6) is 0 Å². The third-order valence-electron chi connectivity index (χ3n) is 3.25. The van der Waals surface area contributed by atoms with Crippen LogP contribution in [0.2, 0.25) is 0 Å². The van der Waals surface area contributed by atoms with E-state index in [0.29, 0.717) is 12.3 Å². The van der Waals surface area contributed by atoms with Crippen LogP contribution in [0.4, 0.5) is 0 Å². The fraction of sp³-hybridized carbons (Fsp3) is 0.909. The van der Waals surface area contributed by atoms with Crippen molar-refractivity contribution in [1.82, 2.24) is 9.03 Å². The highest BCUT2D eigenvalue weighted by atomic mass is 32.2. The van der Waals surface area contributed by atoms with Gasteiger partial charge >= 0.3 is 5.97 Å². The van der Waals surface area contributed by atoms with E-state index >= 15 is 0 Å². The van der Waals surface area contributed by atoms with E-state index in [1.54, 1.807) is 0 Å². The summed E-state index contributed by atoms with van der Waals surface area (Å²) in [5, 5.41) is 9.07. The molecule has 6 nitrogen and oxygen atoms in total. The Morgan fingerprint density at radius 1 is 1.53 bits per heavy atom. The van der Waals surface area contributed by atoms with Crippen molar-refractivity contribution in [1.29, 1.82) is 0 Å². The first kappa shape index (κ1) is 16.7. The van der Waals surface area contributed by atoms with E-state index in [1.165, 1.54) is 16.1 Å². The summed E-state index contributed by atoms with van der Waals surface area (Å²) in [5.41, 5.74) is 0. The predicted molar refractivity (Wildman–Crippen MR) is 76.5 cm³/mol. The van der Waals surface area contributed by atoms with Crippen LogP contribution in [-0.4, -0.2) is 54.4 Å². The van der Waals surface area contributed by atoms with Crippen LogP contribution >= 0.6 is 11.8 Å². The lowest BCUT2D eigenvalue weighted by molar-refractivity contribution is -0.139. The highest BCUT2D eigenvalue weighted by Crippen LogP contribution is 2.19. The van der Waals surface area contributed by atoms with E-state index < -0.39 is 22.2 Å². The van der Waals surface area contributed by atoms with Crippen molar-refractivity contribution in [3.8, 4) is 0 Å². The zero-order chi connectivity index (χ0) is 14.5. The highest BCUT2D eigenvalue weighted by Gasteiger charge is 2.33. The summed E-state index contributed by atoms with van der Waals surface area (Å²) in [6, 6.07) is -1.12. The van der Waals surface area contributed by atoms with Crippen LogP contribution in [0, 0.1) is 0 Å². The van der Waals surface area contributed by atoms with E-state index in [9.17, 15) is 13.2 Å². The maximum absolute atomic E-state index is 12.2. The van der Waals surface area contributed by atoms with Crippen LogP contribution in [0.3, 0.4) is 0 Å². The zero-order valence-electron chi connectivity index (χ0n) is 11.3. The third kappa shape index (κ3) is 4.94. The van der Waals surface area contributed by atoms with E-state index in [0.717, 1.165) is 19.3 Å². The topological polar surface area (TPSA) is 86.7 Å². The zero-order valence-corrected chi connectivity index (χ0v) is 13.0. The van der Waals surface area contributed by atoms with Crippen LogP contribution < -0.4 is 4.72 Å². The molecule has 1 aliphatic rings. The van der Waals surface area contributed by atoms with Crippen LogP contribution in [0.15, 0.2) is 0 Å². The fourth-order valence-electron chi connectivity index (χ4n) is 2.14. The van der Waals surface area contributed by atoms with Gasteiger partial charge in [0, 0.05) is 12.6 Å². The van der Waals surface area contributed by atoms with Gasteiger partial charge in [-0.1, -0.05) is 6.42 Å². The summed E-state index contributed by atoms with van der Waals surface area (Å²) < 4.78 is 28.1. The van der Waals surface area contributed by atoms with E-state index in [1.807, 2.05) is 13.2 Å². The molecule has 1 saturated heterocycles. The van der Waals surface area contributed by atoms with Gasteiger partial charge in [0.2, 0.25) is 0 Å². The maximum Gasteiger partial charge on any atom is 0.321 e. The summed E-state index contributed by atoms with van der Waals surface area (Å²) in [4.78, 5) is 11.1. The summed E-state index contributed by atoms with van der Waals surface area (Å²) in [5.74, 6) is -0.517. The second-order valence-corrected chi connectivity index (χ2v) is 7.39. The number of carboxylic acids is 1. The number of hydrogen-bond acceptors (Lipinski definition) is 4. The lowest BCUT2D eigenvalue weighted by Gasteiger charge is -2.33. The highest BCUT2D eigenvalue weighted by molar-refractivity contribution is 7.98. The molecule has 0 bridgehead atoms. The van der Waals surface area contributed by atoms with Gasteiger partial charge in [0.05, 0.1) is 0 Å². The quantitative estimate of drug-likeness (QED) is 0.729. The number of aliphatic carboxylic acids is 1. The number of thioether (sulfide) groups is 1. The van der Waals surface area contributed by atoms with Gasteiger partial charge in [-0.2, -0.15) is 29.2 Å². The first-order chi connectivity index (χ1) is 8.88. The lowest BCUT2D eigenvalue weighted by Crippen LogP contribution is -2.52. The molecule has 1 fully saturated rings. The van der Waals surface area contributed by atoms with Crippen molar-refractivity contribution in [2.75, 3.05) is 18.6 Å². The van der Waals surface area contributed by atoms with Gasteiger partial charge in [0.1, 0.15) is 6.04 Å². The van der Waals surface area contributed by atoms with Gasteiger partial charge in [-0.05, 0) is 38.2 Å². The average Bonchev–Trinajstić information content (AvgIpc) is 2.34. The minimum Gasteiger partial charge on any atom is -0.480 e. The lowest BCUT2D eigenvalue weighted by atomic mass is 10.1. The number of hydrogen-bond donors (Lipinski definition) is 2. The average molecular weight is 310 g/mol. The first-order valence-electron chi connectivity index (χ1n) is 6.39. The summed E-state index contributed by atoms with van der Waals surface area (Å²) in [6.07, 6.45) is 4.82. The molecule has 112 valence electrons. The summed E-state index contributed by atoms with van der Waals surface area (Å²) in [7, 11) is -3.71. The molecule has 1 heterocycles. The molecule has 0 amide bonds. The van der Waals surface area contributed by atoms with Gasteiger partial charge in [-0.3, -0.25) is 4.79 Å². The minimum atomic E-state index is -3.71. The Hall–Kier alpha value is -0.310. The Kier molecular flexibility index (Phi) is 6.58. The van der Waals surface area contributed by atoms with E-state index in [-0.39, 0.29) is 12.5 Å². The number of nitrogens with one attached hydrogen (secondary N) is 1. The fourth-order valence-corrected chi connectivity index (χ4v) is 4.28. The number of piperidine rings is 1. The van der Waals surface area contributed by atoms with E-state index in [4.69, 9.17) is 5.11 Å². The molecule has 19 heavy (non-hydrogen) atoms. The molecule has 0 aromatic carbocycles. The normalized spacial score (nSPS) is 23.2. The standard InChI is InChI=1S/C11H22N2O4S2/c1-9-5-3-4-7-13(9)19(16,17)12-10(11(14)15)6-8-18-2/h9-10,12H,3-8H2,1-2H3,(H,14,15). The Morgan fingerprint density at radius 3 is 2.74 bits per heavy atom. The number of carbonyl (C=O) groups is 1. The van der Waals surface area contributed by atoms with Gasteiger partial charge < -0.3 is 5.11 Å². The monoisotopic (exact) mass is 310 g/mol. The number of rotatable bonds is 7. The Bertz CT molecular complexity index is 399.